The molecule has 4 aliphatic carbocycles. The van der Waals surface area contributed by atoms with E-state index in [9.17, 15) is 0 Å². The maximum Gasteiger partial charge on any atom is 0.0704 e. The third kappa shape index (κ3) is 5.62. The summed E-state index contributed by atoms with van der Waals surface area (Å²) in [5.41, 5.74) is 2.78. The molecule has 3 fully saturated rings. The lowest BCUT2D eigenvalue weighted by molar-refractivity contribution is -0.0674. The summed E-state index contributed by atoms with van der Waals surface area (Å²) in [6.07, 6.45) is 18.4. The van der Waals surface area contributed by atoms with Crippen molar-refractivity contribution < 1.29 is 9.47 Å². The van der Waals surface area contributed by atoms with Gasteiger partial charge in [0.25, 0.3) is 0 Å². The zero-order chi connectivity index (χ0) is 24.3. The lowest BCUT2D eigenvalue weighted by Gasteiger charge is -2.58. The summed E-state index contributed by atoms with van der Waals surface area (Å²) in [4.78, 5) is 0. The maximum atomic E-state index is 6.26. The molecule has 4 aliphatic rings. The van der Waals surface area contributed by atoms with Crippen molar-refractivity contribution in [3.05, 3.63) is 11.6 Å². The molecular weight excluding hydrogens is 531 g/mol. The third-order valence-corrected chi connectivity index (χ3v) is 11.5. The van der Waals surface area contributed by atoms with Gasteiger partial charge in [-0.15, -0.1) is 0 Å². The van der Waals surface area contributed by atoms with Crippen LogP contribution in [-0.4, -0.2) is 30.4 Å². The molecule has 8 atom stereocenters. The predicted octanol–water partition coefficient (Wildman–Crippen LogP) is 8.86. The van der Waals surface area contributed by atoms with Crippen LogP contribution in [0.4, 0.5) is 0 Å². The van der Waals surface area contributed by atoms with E-state index < -0.39 is 0 Å². The van der Waals surface area contributed by atoms with Gasteiger partial charge < -0.3 is 9.47 Å². The molecule has 0 bridgehead atoms. The number of halogens is 1. The van der Waals surface area contributed by atoms with Crippen molar-refractivity contribution in [2.75, 3.05) is 24.2 Å². The minimum absolute atomic E-state index is 0.412. The van der Waals surface area contributed by atoms with Crippen molar-refractivity contribution in [3.63, 3.8) is 0 Å². The van der Waals surface area contributed by atoms with Crippen LogP contribution >= 0.6 is 22.6 Å². The van der Waals surface area contributed by atoms with Crippen molar-refractivity contribution in [2.24, 2.45) is 46.3 Å². The molecule has 0 N–H and O–H groups in total. The van der Waals surface area contributed by atoms with Crippen molar-refractivity contribution in [1.82, 2.24) is 0 Å². The zero-order valence-electron chi connectivity index (χ0n) is 22.9. The number of rotatable bonds is 11. The number of fused-ring (bicyclic) bond motifs is 5. The topological polar surface area (TPSA) is 18.5 Å². The van der Waals surface area contributed by atoms with E-state index in [4.69, 9.17) is 9.47 Å². The second kappa shape index (κ2) is 11.8. The van der Waals surface area contributed by atoms with E-state index in [0.717, 1.165) is 59.8 Å². The van der Waals surface area contributed by atoms with E-state index in [-0.39, 0.29) is 0 Å². The Kier molecular flexibility index (Phi) is 9.55. The molecule has 0 radical (unpaired) electrons. The summed E-state index contributed by atoms with van der Waals surface area (Å²) in [5, 5.41) is 0. The van der Waals surface area contributed by atoms with Gasteiger partial charge in [0.05, 0.1) is 25.9 Å². The molecule has 0 aromatic carbocycles. The van der Waals surface area contributed by atoms with Gasteiger partial charge in [-0.3, -0.25) is 0 Å². The van der Waals surface area contributed by atoms with Crippen LogP contribution in [0.15, 0.2) is 11.6 Å². The van der Waals surface area contributed by atoms with Crippen LogP contribution < -0.4 is 0 Å². The van der Waals surface area contributed by atoms with Gasteiger partial charge in [-0.05, 0) is 97.7 Å². The van der Waals surface area contributed by atoms with Gasteiger partial charge in [0.15, 0.2) is 0 Å². The first-order chi connectivity index (χ1) is 16.3. The average Bonchev–Trinajstić information content (AvgIpc) is 3.16. The van der Waals surface area contributed by atoms with Gasteiger partial charge >= 0.3 is 0 Å². The summed E-state index contributed by atoms with van der Waals surface area (Å²) in [6, 6.07) is 0. The third-order valence-electron chi connectivity index (χ3n) is 11.1. The molecular formula is C31H53IO2. The van der Waals surface area contributed by atoms with Crippen LogP contribution in [-0.2, 0) is 9.47 Å². The van der Waals surface area contributed by atoms with Gasteiger partial charge in [0.1, 0.15) is 0 Å². The average molecular weight is 585 g/mol. The van der Waals surface area contributed by atoms with Crippen molar-refractivity contribution >= 4 is 22.6 Å². The lowest BCUT2D eigenvalue weighted by Crippen LogP contribution is -2.51. The van der Waals surface area contributed by atoms with Gasteiger partial charge in [-0.25, -0.2) is 0 Å². The van der Waals surface area contributed by atoms with E-state index in [0.29, 0.717) is 16.9 Å². The molecule has 0 unspecified atom stereocenters. The van der Waals surface area contributed by atoms with E-state index in [1.165, 1.54) is 70.6 Å². The molecule has 0 spiro atoms. The highest BCUT2D eigenvalue weighted by Gasteiger charge is 2.59. The Balaban J connectivity index is 1.37. The van der Waals surface area contributed by atoms with Gasteiger partial charge in [0, 0.05) is 4.43 Å². The summed E-state index contributed by atoms with van der Waals surface area (Å²) >= 11 is 2.37. The number of ether oxygens (including phenoxy) is 2. The summed E-state index contributed by atoms with van der Waals surface area (Å²) in [6.45, 7) is 15.1. The minimum Gasteiger partial charge on any atom is -0.378 e. The predicted molar refractivity (Wildman–Crippen MR) is 152 cm³/mol. The molecule has 0 heterocycles. The SMILES string of the molecule is CC(C)CCC[C@@H](C)[C@H]1CC[C@H]2[C@@H]3CC=C4C[C@@H](OCCOCCI)CC[C@]4(C)[C@H]3CC[C@]12C. The fourth-order valence-electron chi connectivity index (χ4n) is 9.22. The Bertz CT molecular complexity index is 689. The smallest absolute Gasteiger partial charge is 0.0704 e. The largest absolute Gasteiger partial charge is 0.378 e. The first kappa shape index (κ1) is 27.4. The van der Waals surface area contributed by atoms with E-state index >= 15 is 0 Å². The number of hydrogen-bond acceptors (Lipinski definition) is 2. The Morgan fingerprint density at radius 2 is 1.79 bits per heavy atom. The number of hydrogen-bond donors (Lipinski definition) is 0. The summed E-state index contributed by atoms with van der Waals surface area (Å²) in [7, 11) is 0. The van der Waals surface area contributed by atoms with Crippen LogP contribution in [0.25, 0.3) is 0 Å². The first-order valence-corrected chi connectivity index (χ1v) is 16.3. The van der Waals surface area contributed by atoms with E-state index in [1.54, 1.807) is 5.57 Å². The number of alkyl halides is 1. The molecule has 0 aliphatic heterocycles. The highest BCUT2D eigenvalue weighted by Crippen LogP contribution is 2.67. The maximum absolute atomic E-state index is 6.26. The Labute approximate surface area is 224 Å². The van der Waals surface area contributed by atoms with Crippen LogP contribution in [0.2, 0.25) is 0 Å². The molecule has 4 rings (SSSR count). The van der Waals surface area contributed by atoms with Crippen LogP contribution in [0.1, 0.15) is 105 Å². The van der Waals surface area contributed by atoms with Crippen molar-refractivity contribution in [1.29, 1.82) is 0 Å². The fourth-order valence-corrected chi connectivity index (χ4v) is 9.54. The summed E-state index contributed by atoms with van der Waals surface area (Å²) < 4.78 is 13.0. The molecule has 196 valence electrons. The second-order valence-electron chi connectivity index (χ2n) is 13.3. The molecule has 3 saturated carbocycles. The Hall–Kier alpha value is 0.390. The van der Waals surface area contributed by atoms with Gasteiger partial charge in [-0.1, -0.05) is 88.1 Å². The first-order valence-electron chi connectivity index (χ1n) is 14.7. The monoisotopic (exact) mass is 584 g/mol. The van der Waals surface area contributed by atoms with Crippen molar-refractivity contribution in [3.8, 4) is 0 Å². The van der Waals surface area contributed by atoms with Gasteiger partial charge in [-0.2, -0.15) is 0 Å². The van der Waals surface area contributed by atoms with E-state index in [1.807, 2.05) is 0 Å². The highest BCUT2D eigenvalue weighted by atomic mass is 127. The van der Waals surface area contributed by atoms with Crippen molar-refractivity contribution in [2.45, 2.75) is 111 Å². The van der Waals surface area contributed by atoms with Crippen LogP contribution in [0.5, 0.6) is 0 Å². The molecule has 0 amide bonds. The normalized spacial score (nSPS) is 40.4. The zero-order valence-corrected chi connectivity index (χ0v) is 25.1. The molecule has 0 aromatic rings. The molecule has 34 heavy (non-hydrogen) atoms. The fraction of sp³-hybridized carbons (Fsp3) is 0.935. The minimum atomic E-state index is 0.412. The van der Waals surface area contributed by atoms with Crippen LogP contribution in [0.3, 0.4) is 0 Å². The molecule has 3 heteroatoms. The lowest BCUT2D eigenvalue weighted by atomic mass is 9.47. The second-order valence-corrected chi connectivity index (χ2v) is 14.4. The highest BCUT2D eigenvalue weighted by molar-refractivity contribution is 14.1. The Morgan fingerprint density at radius 3 is 2.56 bits per heavy atom. The van der Waals surface area contributed by atoms with Gasteiger partial charge in [0.2, 0.25) is 0 Å². The van der Waals surface area contributed by atoms with E-state index in [2.05, 4.69) is 63.3 Å². The standard InChI is InChI=1S/C31H53IO2/c1-22(2)7-6-8-23(3)27-11-12-28-26-10-9-24-21-25(34-20-19-33-18-17-32)13-15-30(24,4)29(26)14-16-31(27,28)5/h9,22-23,25-29H,6-8,10-21H2,1-5H3/t23-,25+,26+,27-,28+,29+,30+,31-/m1/s1. The van der Waals surface area contributed by atoms with Crippen LogP contribution in [0, 0.1) is 46.3 Å². The quantitative estimate of drug-likeness (QED) is 0.105. The number of allylic oxidation sites excluding steroid dienone is 1. The molecule has 2 nitrogen and oxygen atoms in total. The summed E-state index contributed by atoms with van der Waals surface area (Å²) in [5.74, 6) is 5.52. The molecule has 0 saturated heterocycles. The Morgan fingerprint density at radius 1 is 0.971 bits per heavy atom. The molecule has 0 aromatic heterocycles.